The van der Waals surface area contributed by atoms with Crippen LogP contribution in [0.4, 0.5) is 0 Å². The van der Waals surface area contributed by atoms with Gasteiger partial charge in [-0.05, 0) is 48.1 Å². The molecule has 0 N–H and O–H groups in total. The van der Waals surface area contributed by atoms with E-state index in [-0.39, 0.29) is 0 Å². The van der Waals surface area contributed by atoms with Crippen LogP contribution in [0.15, 0.2) is 47.2 Å². The topological polar surface area (TPSA) is 12.9 Å². The van der Waals surface area contributed by atoms with E-state index in [0.717, 1.165) is 33.2 Å². The molecule has 0 radical (unpaired) electrons. The standard InChI is InChI=1S/C15H14Br2ClN/c16-9-12(6-11-2-1-3-14(17)8-11)7-13-4-5-19-10-15(13)18/h1-5,8,10,12H,6-7,9H2. The summed E-state index contributed by atoms with van der Waals surface area (Å²) in [5.74, 6) is 0.522. The Morgan fingerprint density at radius 3 is 2.74 bits per heavy atom. The van der Waals surface area contributed by atoms with E-state index < -0.39 is 0 Å². The van der Waals surface area contributed by atoms with Gasteiger partial charge in [0.1, 0.15) is 0 Å². The zero-order valence-corrected chi connectivity index (χ0v) is 14.2. The fourth-order valence-corrected chi connectivity index (χ4v) is 3.16. The first-order chi connectivity index (χ1) is 9.19. The molecule has 0 saturated carbocycles. The number of rotatable bonds is 5. The second-order valence-electron chi connectivity index (χ2n) is 4.53. The molecule has 0 amide bonds. The summed E-state index contributed by atoms with van der Waals surface area (Å²) >= 11 is 13.3. The molecule has 2 aromatic rings. The summed E-state index contributed by atoms with van der Waals surface area (Å²) in [7, 11) is 0. The molecule has 0 aliphatic carbocycles. The predicted molar refractivity (Wildman–Crippen MR) is 88.1 cm³/mol. The number of alkyl halides is 1. The number of hydrogen-bond donors (Lipinski definition) is 0. The Hall–Kier alpha value is -0.380. The van der Waals surface area contributed by atoms with Crippen molar-refractivity contribution >= 4 is 43.5 Å². The third-order valence-electron chi connectivity index (χ3n) is 3.00. The fourth-order valence-electron chi connectivity index (χ4n) is 2.06. The van der Waals surface area contributed by atoms with Crippen molar-refractivity contribution in [1.29, 1.82) is 0 Å². The van der Waals surface area contributed by atoms with Crippen LogP contribution < -0.4 is 0 Å². The summed E-state index contributed by atoms with van der Waals surface area (Å²) in [6, 6.07) is 10.5. The Balaban J connectivity index is 2.07. The van der Waals surface area contributed by atoms with Crippen LogP contribution in [-0.2, 0) is 12.8 Å². The quantitative estimate of drug-likeness (QED) is 0.618. The second-order valence-corrected chi connectivity index (χ2v) is 6.50. The first-order valence-corrected chi connectivity index (χ1v) is 8.37. The van der Waals surface area contributed by atoms with Crippen molar-refractivity contribution in [3.8, 4) is 0 Å². The summed E-state index contributed by atoms with van der Waals surface area (Å²) < 4.78 is 1.13. The van der Waals surface area contributed by atoms with Crippen LogP contribution in [0.25, 0.3) is 0 Å². The molecule has 1 atom stereocenters. The Kier molecular flexibility index (Phi) is 5.86. The van der Waals surface area contributed by atoms with Gasteiger partial charge in [-0.2, -0.15) is 0 Å². The van der Waals surface area contributed by atoms with Crippen molar-refractivity contribution in [3.05, 3.63) is 63.3 Å². The zero-order chi connectivity index (χ0) is 13.7. The molecule has 4 heteroatoms. The van der Waals surface area contributed by atoms with E-state index in [0.29, 0.717) is 5.92 Å². The van der Waals surface area contributed by atoms with Crippen molar-refractivity contribution in [3.63, 3.8) is 0 Å². The summed E-state index contributed by atoms with van der Waals surface area (Å²) in [5, 5.41) is 1.71. The van der Waals surface area contributed by atoms with Crippen LogP contribution in [0.1, 0.15) is 11.1 Å². The largest absolute Gasteiger partial charge is 0.263 e. The van der Waals surface area contributed by atoms with Gasteiger partial charge in [-0.1, -0.05) is 55.6 Å². The highest BCUT2D eigenvalue weighted by molar-refractivity contribution is 9.10. The van der Waals surface area contributed by atoms with E-state index >= 15 is 0 Å². The van der Waals surface area contributed by atoms with Gasteiger partial charge in [-0.3, -0.25) is 4.98 Å². The number of benzene rings is 1. The molecule has 1 heterocycles. The van der Waals surface area contributed by atoms with Crippen LogP contribution in [0.5, 0.6) is 0 Å². The normalized spacial score (nSPS) is 12.4. The Bertz CT molecular complexity index is 545. The zero-order valence-electron chi connectivity index (χ0n) is 10.3. The Morgan fingerprint density at radius 1 is 1.21 bits per heavy atom. The monoisotopic (exact) mass is 401 g/mol. The van der Waals surface area contributed by atoms with Crippen molar-refractivity contribution in [2.45, 2.75) is 12.8 Å². The van der Waals surface area contributed by atoms with Crippen LogP contribution >= 0.6 is 43.5 Å². The van der Waals surface area contributed by atoms with Crippen molar-refractivity contribution in [1.82, 2.24) is 4.98 Å². The summed E-state index contributed by atoms with van der Waals surface area (Å²) in [6.45, 7) is 0. The van der Waals surface area contributed by atoms with Crippen molar-refractivity contribution in [2.75, 3.05) is 5.33 Å². The third kappa shape index (κ3) is 4.59. The molecule has 100 valence electrons. The summed E-state index contributed by atoms with van der Waals surface area (Å²) in [5.41, 5.74) is 2.50. The van der Waals surface area contributed by atoms with Gasteiger partial charge in [0.25, 0.3) is 0 Å². The van der Waals surface area contributed by atoms with Crippen molar-refractivity contribution in [2.24, 2.45) is 5.92 Å². The SMILES string of the molecule is Clc1cnccc1CC(CBr)Cc1cccc(Br)c1. The van der Waals surface area contributed by atoms with E-state index in [2.05, 4.69) is 55.0 Å². The lowest BCUT2D eigenvalue weighted by atomic mass is 9.95. The summed E-state index contributed by atoms with van der Waals surface area (Å²) in [4.78, 5) is 4.02. The van der Waals surface area contributed by atoms with Gasteiger partial charge in [0, 0.05) is 22.2 Å². The molecule has 0 fully saturated rings. The van der Waals surface area contributed by atoms with Gasteiger partial charge in [-0.25, -0.2) is 0 Å². The minimum Gasteiger partial charge on any atom is -0.263 e. The van der Waals surface area contributed by atoms with E-state index in [1.54, 1.807) is 12.4 Å². The third-order valence-corrected chi connectivity index (χ3v) is 4.75. The van der Waals surface area contributed by atoms with E-state index in [4.69, 9.17) is 11.6 Å². The van der Waals surface area contributed by atoms with Gasteiger partial charge in [-0.15, -0.1) is 0 Å². The lowest BCUT2D eigenvalue weighted by Crippen LogP contribution is -2.10. The highest BCUT2D eigenvalue weighted by Crippen LogP contribution is 2.22. The lowest BCUT2D eigenvalue weighted by Gasteiger charge is -2.15. The number of aromatic nitrogens is 1. The number of halogens is 3. The average Bonchev–Trinajstić information content (AvgIpc) is 2.40. The summed E-state index contributed by atoms with van der Waals surface area (Å²) in [6.07, 6.45) is 5.50. The molecule has 19 heavy (non-hydrogen) atoms. The molecule has 0 spiro atoms. The second kappa shape index (κ2) is 7.41. The first kappa shape index (κ1) is 15.0. The van der Waals surface area contributed by atoms with Gasteiger partial charge in [0.2, 0.25) is 0 Å². The molecular formula is C15H14Br2ClN. The molecule has 1 unspecified atom stereocenters. The van der Waals surface area contributed by atoms with Crippen molar-refractivity contribution < 1.29 is 0 Å². The Morgan fingerprint density at radius 2 is 2.05 bits per heavy atom. The molecular weight excluding hydrogens is 389 g/mol. The molecule has 1 nitrogen and oxygen atoms in total. The van der Waals surface area contributed by atoms with Crippen LogP contribution in [-0.4, -0.2) is 10.3 Å². The lowest BCUT2D eigenvalue weighted by molar-refractivity contribution is 0.591. The smallest absolute Gasteiger partial charge is 0.0621 e. The molecule has 0 saturated heterocycles. The van der Waals surface area contributed by atoms with E-state index in [1.165, 1.54) is 5.56 Å². The minimum absolute atomic E-state index is 0.522. The van der Waals surface area contributed by atoms with Gasteiger partial charge in [0.15, 0.2) is 0 Å². The van der Waals surface area contributed by atoms with Crippen LogP contribution in [0, 0.1) is 5.92 Å². The molecule has 0 aliphatic heterocycles. The highest BCUT2D eigenvalue weighted by atomic mass is 79.9. The molecule has 1 aromatic carbocycles. The van der Waals surface area contributed by atoms with Gasteiger partial charge >= 0.3 is 0 Å². The first-order valence-electron chi connectivity index (χ1n) is 6.08. The maximum Gasteiger partial charge on any atom is 0.0621 e. The number of hydrogen-bond acceptors (Lipinski definition) is 1. The Labute approximate surface area is 135 Å². The molecule has 0 bridgehead atoms. The fraction of sp³-hybridized carbons (Fsp3) is 0.267. The number of pyridine rings is 1. The number of nitrogens with zero attached hydrogens (tertiary/aromatic N) is 1. The average molecular weight is 404 g/mol. The van der Waals surface area contributed by atoms with E-state index in [1.807, 2.05) is 12.1 Å². The molecule has 1 aromatic heterocycles. The van der Waals surface area contributed by atoms with E-state index in [9.17, 15) is 0 Å². The van der Waals surface area contributed by atoms with Crippen LogP contribution in [0.3, 0.4) is 0 Å². The van der Waals surface area contributed by atoms with Crippen LogP contribution in [0.2, 0.25) is 5.02 Å². The van der Waals surface area contributed by atoms with Gasteiger partial charge in [0.05, 0.1) is 5.02 Å². The molecule has 2 rings (SSSR count). The molecule has 0 aliphatic rings. The predicted octanol–water partition coefficient (Wildman–Crippen LogP) is 5.29. The highest BCUT2D eigenvalue weighted by Gasteiger charge is 2.11. The van der Waals surface area contributed by atoms with Gasteiger partial charge < -0.3 is 0 Å². The maximum absolute atomic E-state index is 6.17. The maximum atomic E-state index is 6.17. The minimum atomic E-state index is 0.522.